The smallest absolute Gasteiger partial charge is 0.343 e. The highest BCUT2D eigenvalue weighted by molar-refractivity contribution is 5.71. The molecule has 1 N–H and O–H groups in total. The van der Waals surface area contributed by atoms with Gasteiger partial charge in [0.05, 0.1) is 14.2 Å². The molecule has 0 aliphatic heterocycles. The molecule has 0 saturated carbocycles. The fourth-order valence-electron chi connectivity index (χ4n) is 1.51. The van der Waals surface area contributed by atoms with Crippen molar-refractivity contribution in [1.29, 1.82) is 0 Å². The summed E-state index contributed by atoms with van der Waals surface area (Å²) >= 11 is 0. The topological polar surface area (TPSA) is 56.8 Å². The highest BCUT2D eigenvalue weighted by atomic mass is 16.6. The first kappa shape index (κ1) is 16.3. The Labute approximate surface area is 120 Å². The van der Waals surface area contributed by atoms with Gasteiger partial charge < -0.3 is 19.5 Å². The van der Waals surface area contributed by atoms with Crippen LogP contribution < -0.4 is 14.8 Å². The molecule has 0 unspecified atom stereocenters. The van der Waals surface area contributed by atoms with Crippen LogP contribution in [0.25, 0.3) is 0 Å². The quantitative estimate of drug-likeness (QED) is 0.810. The molecule has 0 amide bonds. The molecule has 0 saturated heterocycles. The number of hydrogen-bond acceptors (Lipinski definition) is 5. The third-order valence-corrected chi connectivity index (χ3v) is 2.62. The van der Waals surface area contributed by atoms with Gasteiger partial charge in [0.2, 0.25) is 0 Å². The van der Waals surface area contributed by atoms with Gasteiger partial charge in [0, 0.05) is 12.1 Å². The molecule has 0 aliphatic carbocycles. The van der Waals surface area contributed by atoms with Crippen molar-refractivity contribution in [1.82, 2.24) is 5.32 Å². The minimum absolute atomic E-state index is 0.0347. The largest absolute Gasteiger partial charge is 0.493 e. The number of ether oxygens (including phenoxy) is 3. The Kier molecular flexibility index (Phi) is 5.82. The van der Waals surface area contributed by atoms with Crippen molar-refractivity contribution in [3.05, 3.63) is 23.8 Å². The molecule has 0 radical (unpaired) electrons. The van der Waals surface area contributed by atoms with Crippen LogP contribution in [0.4, 0.5) is 0 Å². The number of benzene rings is 1. The molecule has 0 heterocycles. The standard InChI is InChI=1S/C15H23NO4/c1-15(2,3)16-9-11-6-7-12(18-4)13(8-11)20-10-14(17)19-5/h6-8,16H,9-10H2,1-5H3. The number of carbonyl (C=O) groups is 1. The lowest BCUT2D eigenvalue weighted by Gasteiger charge is -2.21. The molecule has 1 aromatic rings. The van der Waals surface area contributed by atoms with Crippen molar-refractivity contribution in [2.24, 2.45) is 0 Å². The van der Waals surface area contributed by atoms with Crippen LogP contribution >= 0.6 is 0 Å². The molecule has 1 aromatic carbocycles. The van der Waals surface area contributed by atoms with E-state index in [1.54, 1.807) is 7.11 Å². The number of carbonyl (C=O) groups excluding carboxylic acids is 1. The van der Waals surface area contributed by atoms with Crippen molar-refractivity contribution in [2.45, 2.75) is 32.9 Å². The van der Waals surface area contributed by atoms with Gasteiger partial charge in [-0.2, -0.15) is 0 Å². The first-order chi connectivity index (χ1) is 9.35. The van der Waals surface area contributed by atoms with E-state index in [4.69, 9.17) is 9.47 Å². The maximum Gasteiger partial charge on any atom is 0.343 e. The summed E-state index contributed by atoms with van der Waals surface area (Å²) in [5.41, 5.74) is 1.09. The molecule has 0 bridgehead atoms. The summed E-state index contributed by atoms with van der Waals surface area (Å²) in [4.78, 5) is 11.1. The number of methoxy groups -OCH3 is 2. The Bertz CT molecular complexity index is 452. The summed E-state index contributed by atoms with van der Waals surface area (Å²) < 4.78 is 15.2. The molecule has 0 atom stereocenters. The van der Waals surface area contributed by atoms with Crippen molar-refractivity contribution in [3.8, 4) is 11.5 Å². The molecule has 1 rings (SSSR count). The predicted molar refractivity (Wildman–Crippen MR) is 77.1 cm³/mol. The lowest BCUT2D eigenvalue weighted by Crippen LogP contribution is -2.35. The van der Waals surface area contributed by atoms with Crippen LogP contribution in [0.15, 0.2) is 18.2 Å². The average Bonchev–Trinajstić information content (AvgIpc) is 2.41. The first-order valence-corrected chi connectivity index (χ1v) is 6.47. The maximum absolute atomic E-state index is 11.1. The molecule has 0 spiro atoms. The minimum atomic E-state index is -0.426. The van der Waals surface area contributed by atoms with Crippen LogP contribution in [0.2, 0.25) is 0 Å². The molecule has 0 aliphatic rings. The molecule has 112 valence electrons. The van der Waals surface area contributed by atoms with Gasteiger partial charge in [-0.3, -0.25) is 0 Å². The molecule has 5 heteroatoms. The van der Waals surface area contributed by atoms with Crippen LogP contribution in [-0.2, 0) is 16.1 Å². The number of esters is 1. The Morgan fingerprint density at radius 3 is 2.45 bits per heavy atom. The molecule has 0 fully saturated rings. The molecule has 20 heavy (non-hydrogen) atoms. The molecular formula is C15H23NO4. The Balaban J connectivity index is 2.77. The Morgan fingerprint density at radius 2 is 1.90 bits per heavy atom. The maximum atomic E-state index is 11.1. The van der Waals surface area contributed by atoms with Crippen molar-refractivity contribution in [2.75, 3.05) is 20.8 Å². The zero-order valence-electron chi connectivity index (χ0n) is 12.8. The second kappa shape index (κ2) is 7.14. The van der Waals surface area contributed by atoms with Gasteiger partial charge in [0.25, 0.3) is 0 Å². The third-order valence-electron chi connectivity index (χ3n) is 2.62. The zero-order valence-corrected chi connectivity index (χ0v) is 12.8. The minimum Gasteiger partial charge on any atom is -0.493 e. The third kappa shape index (κ3) is 5.48. The summed E-state index contributed by atoms with van der Waals surface area (Å²) in [6.07, 6.45) is 0. The van der Waals surface area contributed by atoms with Crippen molar-refractivity contribution >= 4 is 5.97 Å². The van der Waals surface area contributed by atoms with Crippen LogP contribution in [0.3, 0.4) is 0 Å². The van der Waals surface area contributed by atoms with Crippen LogP contribution in [-0.4, -0.2) is 32.3 Å². The average molecular weight is 281 g/mol. The summed E-state index contributed by atoms with van der Waals surface area (Å²) in [7, 11) is 2.89. The van der Waals surface area contributed by atoms with Gasteiger partial charge in [0.15, 0.2) is 18.1 Å². The van der Waals surface area contributed by atoms with Gasteiger partial charge in [-0.15, -0.1) is 0 Å². The van der Waals surface area contributed by atoms with Crippen LogP contribution in [0, 0.1) is 0 Å². The van der Waals surface area contributed by atoms with Gasteiger partial charge in [0.1, 0.15) is 0 Å². The molecular weight excluding hydrogens is 258 g/mol. The van der Waals surface area contributed by atoms with E-state index >= 15 is 0 Å². The van der Waals surface area contributed by atoms with E-state index in [0.717, 1.165) is 5.56 Å². The predicted octanol–water partition coefficient (Wildman–Crippen LogP) is 2.14. The number of hydrogen-bond donors (Lipinski definition) is 1. The van der Waals surface area contributed by atoms with E-state index in [1.165, 1.54) is 7.11 Å². The van der Waals surface area contributed by atoms with Gasteiger partial charge in [-0.1, -0.05) is 6.07 Å². The summed E-state index contributed by atoms with van der Waals surface area (Å²) in [5, 5.41) is 3.39. The number of rotatable bonds is 6. The van der Waals surface area contributed by atoms with E-state index in [9.17, 15) is 4.79 Å². The van der Waals surface area contributed by atoms with Crippen molar-refractivity contribution in [3.63, 3.8) is 0 Å². The lowest BCUT2D eigenvalue weighted by molar-refractivity contribution is -0.142. The van der Waals surface area contributed by atoms with Crippen LogP contribution in [0.1, 0.15) is 26.3 Å². The Hall–Kier alpha value is -1.75. The van der Waals surface area contributed by atoms with E-state index in [-0.39, 0.29) is 12.1 Å². The van der Waals surface area contributed by atoms with Crippen LogP contribution in [0.5, 0.6) is 11.5 Å². The number of nitrogens with one attached hydrogen (secondary N) is 1. The van der Waals surface area contributed by atoms with E-state index in [2.05, 4.69) is 30.8 Å². The monoisotopic (exact) mass is 281 g/mol. The second-order valence-electron chi connectivity index (χ2n) is 5.45. The highest BCUT2D eigenvalue weighted by Gasteiger charge is 2.11. The molecule has 0 aromatic heterocycles. The van der Waals surface area contributed by atoms with E-state index < -0.39 is 5.97 Å². The summed E-state index contributed by atoms with van der Waals surface area (Å²) in [6.45, 7) is 6.88. The highest BCUT2D eigenvalue weighted by Crippen LogP contribution is 2.28. The normalized spacial score (nSPS) is 11.1. The van der Waals surface area contributed by atoms with Gasteiger partial charge in [-0.25, -0.2) is 4.79 Å². The Morgan fingerprint density at radius 1 is 1.20 bits per heavy atom. The SMILES string of the molecule is COC(=O)COc1cc(CNC(C)(C)C)ccc1OC. The summed E-state index contributed by atoms with van der Waals surface area (Å²) in [5.74, 6) is 0.699. The lowest BCUT2D eigenvalue weighted by atomic mass is 10.1. The van der Waals surface area contributed by atoms with Gasteiger partial charge >= 0.3 is 5.97 Å². The fraction of sp³-hybridized carbons (Fsp3) is 0.533. The van der Waals surface area contributed by atoms with Crippen molar-refractivity contribution < 1.29 is 19.0 Å². The molecule has 5 nitrogen and oxygen atoms in total. The second-order valence-corrected chi connectivity index (χ2v) is 5.45. The van der Waals surface area contributed by atoms with E-state index in [0.29, 0.717) is 18.0 Å². The summed E-state index contributed by atoms with van der Waals surface area (Å²) in [6, 6.07) is 5.65. The first-order valence-electron chi connectivity index (χ1n) is 6.47. The fourth-order valence-corrected chi connectivity index (χ4v) is 1.51. The van der Waals surface area contributed by atoms with Gasteiger partial charge in [-0.05, 0) is 38.5 Å². The van der Waals surface area contributed by atoms with E-state index in [1.807, 2.05) is 18.2 Å². The zero-order chi connectivity index (χ0) is 15.2.